The van der Waals surface area contributed by atoms with Crippen LogP contribution in [-0.4, -0.2) is 42.6 Å². The lowest BCUT2D eigenvalue weighted by Crippen LogP contribution is -2.28. The number of carbonyl (C=O) groups excluding carboxylic acids is 2. The van der Waals surface area contributed by atoms with Gasteiger partial charge in [-0.05, 0) is 25.1 Å². The second kappa shape index (κ2) is 7.85. The maximum absolute atomic E-state index is 12.5. The number of benzene rings is 1. The zero-order valence-corrected chi connectivity index (χ0v) is 14.1. The van der Waals surface area contributed by atoms with Crippen LogP contribution < -0.4 is 5.32 Å². The van der Waals surface area contributed by atoms with Gasteiger partial charge in [0.2, 0.25) is 0 Å². The second-order valence-corrected chi connectivity index (χ2v) is 6.01. The number of amides is 2. The molecule has 0 unspecified atom stereocenters. The third-order valence-corrected chi connectivity index (χ3v) is 4.09. The first-order chi connectivity index (χ1) is 11.0. The first kappa shape index (κ1) is 17.1. The van der Waals surface area contributed by atoms with Crippen LogP contribution in [0.2, 0.25) is 0 Å². The normalized spacial score (nSPS) is 10.4. The van der Waals surface area contributed by atoms with E-state index in [2.05, 4.69) is 10.3 Å². The van der Waals surface area contributed by atoms with Crippen molar-refractivity contribution in [1.29, 1.82) is 0 Å². The molecule has 6 nitrogen and oxygen atoms in total. The van der Waals surface area contributed by atoms with Gasteiger partial charge in [0.25, 0.3) is 11.8 Å². The van der Waals surface area contributed by atoms with E-state index in [0.29, 0.717) is 17.7 Å². The van der Waals surface area contributed by atoms with Crippen LogP contribution in [0, 0.1) is 6.92 Å². The zero-order valence-electron chi connectivity index (χ0n) is 13.3. The number of rotatable bonds is 6. The number of nitrogens with zero attached hydrogens (tertiary/aromatic N) is 2. The summed E-state index contributed by atoms with van der Waals surface area (Å²) >= 11 is 1.52. The molecule has 1 heterocycles. The molecule has 0 aliphatic carbocycles. The Morgan fingerprint density at radius 1 is 1.35 bits per heavy atom. The minimum atomic E-state index is -0.278. The minimum absolute atomic E-state index is 0.125. The first-order valence-corrected chi connectivity index (χ1v) is 7.93. The Balaban J connectivity index is 2.08. The summed E-state index contributed by atoms with van der Waals surface area (Å²) in [5, 5.41) is 5.43. The van der Waals surface area contributed by atoms with Gasteiger partial charge in [0, 0.05) is 36.4 Å². The van der Waals surface area contributed by atoms with Gasteiger partial charge in [-0.1, -0.05) is 6.07 Å². The smallest absolute Gasteiger partial charge is 0.253 e. The topological polar surface area (TPSA) is 71.5 Å². The van der Waals surface area contributed by atoms with Gasteiger partial charge < -0.3 is 15.0 Å². The van der Waals surface area contributed by atoms with Crippen LogP contribution in [0.25, 0.3) is 0 Å². The standard InChI is InChI=1S/C16H19N3O3S/c1-11-9-23-14(18-11)8-19(2)16(21)13-6-4-5-12(7-13)15(20)17-10-22-3/h4-7,9H,8,10H2,1-3H3,(H,17,20). The fourth-order valence-corrected chi connectivity index (χ4v) is 2.83. The van der Waals surface area contributed by atoms with Crippen molar-refractivity contribution < 1.29 is 14.3 Å². The van der Waals surface area contributed by atoms with Crippen LogP contribution >= 0.6 is 11.3 Å². The van der Waals surface area contributed by atoms with Gasteiger partial charge in [-0.25, -0.2) is 4.98 Å². The average Bonchev–Trinajstić information content (AvgIpc) is 2.96. The molecule has 0 saturated carbocycles. The number of methoxy groups -OCH3 is 1. The molecule has 0 aliphatic heterocycles. The molecule has 2 aromatic rings. The van der Waals surface area contributed by atoms with E-state index in [1.54, 1.807) is 36.2 Å². The number of thiazole rings is 1. The number of ether oxygens (including phenoxy) is 1. The Labute approximate surface area is 139 Å². The van der Waals surface area contributed by atoms with E-state index in [9.17, 15) is 9.59 Å². The maximum Gasteiger partial charge on any atom is 0.253 e. The lowest BCUT2D eigenvalue weighted by atomic mass is 10.1. The minimum Gasteiger partial charge on any atom is -0.364 e. The molecule has 23 heavy (non-hydrogen) atoms. The molecule has 0 spiro atoms. The van der Waals surface area contributed by atoms with Crippen molar-refractivity contribution >= 4 is 23.2 Å². The molecule has 1 aromatic heterocycles. The molecular formula is C16H19N3O3S. The highest BCUT2D eigenvalue weighted by atomic mass is 32.1. The molecule has 2 rings (SSSR count). The Bertz CT molecular complexity index is 699. The summed E-state index contributed by atoms with van der Waals surface area (Å²) in [5.41, 5.74) is 1.83. The van der Waals surface area contributed by atoms with Crippen molar-refractivity contribution in [3.05, 3.63) is 51.5 Å². The van der Waals surface area contributed by atoms with Gasteiger partial charge in [-0.3, -0.25) is 9.59 Å². The van der Waals surface area contributed by atoms with Gasteiger partial charge in [0.05, 0.1) is 6.54 Å². The predicted molar refractivity (Wildman–Crippen MR) is 88.4 cm³/mol. The molecule has 7 heteroatoms. The fraction of sp³-hybridized carbons (Fsp3) is 0.312. The van der Waals surface area contributed by atoms with Gasteiger partial charge in [0.15, 0.2) is 0 Å². The van der Waals surface area contributed by atoms with Gasteiger partial charge in [-0.15, -0.1) is 11.3 Å². The molecule has 0 atom stereocenters. The van der Waals surface area contributed by atoms with E-state index in [-0.39, 0.29) is 18.5 Å². The summed E-state index contributed by atoms with van der Waals surface area (Å²) in [5.74, 6) is -0.432. The Morgan fingerprint density at radius 3 is 2.74 bits per heavy atom. The molecule has 1 N–H and O–H groups in total. The molecule has 0 aliphatic rings. The van der Waals surface area contributed by atoms with Crippen molar-refractivity contribution in [2.24, 2.45) is 0 Å². The summed E-state index contributed by atoms with van der Waals surface area (Å²) in [4.78, 5) is 30.3. The van der Waals surface area contributed by atoms with Crippen LogP contribution in [-0.2, 0) is 11.3 Å². The Hall–Kier alpha value is -2.25. The number of hydrogen-bond acceptors (Lipinski definition) is 5. The van der Waals surface area contributed by atoms with E-state index < -0.39 is 0 Å². The van der Waals surface area contributed by atoms with Crippen molar-refractivity contribution in [3.8, 4) is 0 Å². The van der Waals surface area contributed by atoms with Crippen molar-refractivity contribution in [2.75, 3.05) is 20.9 Å². The van der Waals surface area contributed by atoms with Crippen LogP contribution in [0.15, 0.2) is 29.6 Å². The summed E-state index contributed by atoms with van der Waals surface area (Å²) in [6.45, 7) is 2.49. The van der Waals surface area contributed by atoms with Crippen LogP contribution in [0.1, 0.15) is 31.4 Å². The second-order valence-electron chi connectivity index (χ2n) is 5.06. The quantitative estimate of drug-likeness (QED) is 0.822. The van der Waals surface area contributed by atoms with Gasteiger partial charge in [-0.2, -0.15) is 0 Å². The van der Waals surface area contributed by atoms with Crippen molar-refractivity contribution in [1.82, 2.24) is 15.2 Å². The highest BCUT2D eigenvalue weighted by Crippen LogP contribution is 2.14. The Kier molecular flexibility index (Phi) is 5.84. The fourth-order valence-electron chi connectivity index (χ4n) is 2.00. The molecule has 0 bridgehead atoms. The van der Waals surface area contributed by atoms with E-state index >= 15 is 0 Å². The number of carbonyl (C=O) groups is 2. The van der Waals surface area contributed by atoms with Crippen molar-refractivity contribution in [2.45, 2.75) is 13.5 Å². The highest BCUT2D eigenvalue weighted by molar-refractivity contribution is 7.09. The monoisotopic (exact) mass is 333 g/mol. The summed E-state index contributed by atoms with van der Waals surface area (Å²) < 4.78 is 4.81. The number of nitrogens with one attached hydrogen (secondary N) is 1. The number of aryl methyl sites for hydroxylation is 1. The SMILES string of the molecule is COCNC(=O)c1cccc(C(=O)N(C)Cc2nc(C)cs2)c1. The largest absolute Gasteiger partial charge is 0.364 e. The lowest BCUT2D eigenvalue weighted by Gasteiger charge is -2.16. The predicted octanol–water partition coefficient (Wildman–Crippen LogP) is 2.06. The van der Waals surface area contributed by atoms with Gasteiger partial charge in [0.1, 0.15) is 11.7 Å². The summed E-state index contributed by atoms with van der Waals surface area (Å²) in [6.07, 6.45) is 0. The molecule has 1 aromatic carbocycles. The maximum atomic E-state index is 12.5. The van der Waals surface area contributed by atoms with Crippen LogP contribution in [0.5, 0.6) is 0 Å². The van der Waals surface area contributed by atoms with E-state index in [0.717, 1.165) is 10.7 Å². The first-order valence-electron chi connectivity index (χ1n) is 7.05. The lowest BCUT2D eigenvalue weighted by molar-refractivity contribution is 0.0785. The van der Waals surface area contributed by atoms with Crippen LogP contribution in [0.4, 0.5) is 0 Å². The summed E-state index contributed by atoms with van der Waals surface area (Å²) in [6, 6.07) is 6.62. The molecule has 0 fully saturated rings. The molecule has 122 valence electrons. The average molecular weight is 333 g/mol. The summed E-state index contributed by atoms with van der Waals surface area (Å²) in [7, 11) is 3.21. The van der Waals surface area contributed by atoms with E-state index in [1.807, 2.05) is 12.3 Å². The van der Waals surface area contributed by atoms with E-state index in [4.69, 9.17) is 4.74 Å². The third-order valence-electron chi connectivity index (χ3n) is 3.13. The van der Waals surface area contributed by atoms with Crippen molar-refractivity contribution in [3.63, 3.8) is 0 Å². The number of aromatic nitrogens is 1. The highest BCUT2D eigenvalue weighted by Gasteiger charge is 2.15. The third kappa shape index (κ3) is 4.61. The molecule has 0 saturated heterocycles. The Morgan fingerprint density at radius 2 is 2.09 bits per heavy atom. The number of hydrogen-bond donors (Lipinski definition) is 1. The van der Waals surface area contributed by atoms with E-state index in [1.165, 1.54) is 18.4 Å². The van der Waals surface area contributed by atoms with Gasteiger partial charge >= 0.3 is 0 Å². The molecule has 0 radical (unpaired) electrons. The zero-order chi connectivity index (χ0) is 16.8. The molecule has 2 amide bonds. The van der Waals surface area contributed by atoms with Crippen LogP contribution in [0.3, 0.4) is 0 Å². The molecular weight excluding hydrogens is 314 g/mol.